The number of nitrogens with zero attached hydrogens (tertiary/aromatic N) is 2. The van der Waals surface area contributed by atoms with E-state index in [-0.39, 0.29) is 5.78 Å². The van der Waals surface area contributed by atoms with Crippen LogP contribution in [-0.2, 0) is 6.42 Å². The molecule has 0 N–H and O–H groups in total. The molecule has 0 amide bonds. The number of Topliss-reactive ketones (excluding diaryl/α,β-unsaturated/α-hetero) is 1. The molecule has 0 atom stereocenters. The smallest absolute Gasteiger partial charge is 0.193 e. The van der Waals surface area contributed by atoms with E-state index in [9.17, 15) is 4.79 Å². The Kier molecular flexibility index (Phi) is 2.72. The van der Waals surface area contributed by atoms with Gasteiger partial charge in [0.15, 0.2) is 10.7 Å². The van der Waals surface area contributed by atoms with E-state index >= 15 is 0 Å². The van der Waals surface area contributed by atoms with Crippen LogP contribution in [0.1, 0.15) is 28.5 Å². The third-order valence-electron chi connectivity index (χ3n) is 2.96. The summed E-state index contributed by atoms with van der Waals surface area (Å²) in [5, 5.41) is 2.13. The maximum atomic E-state index is 11.2. The van der Waals surface area contributed by atoms with Crippen LogP contribution in [0.25, 0.3) is 4.96 Å². The van der Waals surface area contributed by atoms with Gasteiger partial charge in [-0.25, -0.2) is 4.98 Å². The molecular weight excluding hydrogens is 244 g/mol. The predicted octanol–water partition coefficient (Wildman–Crippen LogP) is 3.19. The fourth-order valence-corrected chi connectivity index (χ4v) is 2.82. The molecule has 0 aliphatic heterocycles. The van der Waals surface area contributed by atoms with E-state index in [4.69, 9.17) is 0 Å². The maximum Gasteiger partial charge on any atom is 0.193 e. The first-order valence-corrected chi connectivity index (χ1v) is 6.61. The minimum Gasteiger partial charge on any atom is -0.295 e. The summed E-state index contributed by atoms with van der Waals surface area (Å²) >= 11 is 1.65. The number of benzene rings is 1. The lowest BCUT2D eigenvalue weighted by Gasteiger charge is -2.02. The van der Waals surface area contributed by atoms with E-state index in [1.807, 2.05) is 36.7 Å². The number of aromatic nitrogens is 2. The van der Waals surface area contributed by atoms with Crippen molar-refractivity contribution < 1.29 is 4.79 Å². The van der Waals surface area contributed by atoms with Gasteiger partial charge < -0.3 is 0 Å². The summed E-state index contributed by atoms with van der Waals surface area (Å²) in [6.07, 6.45) is 4.65. The second-order valence-electron chi connectivity index (χ2n) is 4.24. The molecule has 0 spiro atoms. The van der Waals surface area contributed by atoms with Gasteiger partial charge in [0.2, 0.25) is 0 Å². The van der Waals surface area contributed by atoms with Crippen LogP contribution in [0.15, 0.2) is 42.0 Å². The Morgan fingerprint density at radius 3 is 2.83 bits per heavy atom. The number of thiazole rings is 1. The van der Waals surface area contributed by atoms with E-state index in [1.54, 1.807) is 18.3 Å². The van der Waals surface area contributed by atoms with Crippen molar-refractivity contribution in [2.24, 2.45) is 0 Å². The van der Waals surface area contributed by atoms with Gasteiger partial charge in [0, 0.05) is 35.5 Å². The molecule has 0 fully saturated rings. The number of ketones is 1. The van der Waals surface area contributed by atoms with Gasteiger partial charge in [0.05, 0.1) is 0 Å². The van der Waals surface area contributed by atoms with Crippen LogP contribution in [0, 0.1) is 0 Å². The van der Waals surface area contributed by atoms with Crippen molar-refractivity contribution in [3.63, 3.8) is 0 Å². The van der Waals surface area contributed by atoms with Crippen LogP contribution in [0.2, 0.25) is 0 Å². The lowest BCUT2D eigenvalue weighted by atomic mass is 10.1. The summed E-state index contributed by atoms with van der Waals surface area (Å²) in [5.74, 6) is 0.106. The highest BCUT2D eigenvalue weighted by Crippen LogP contribution is 2.18. The monoisotopic (exact) mass is 256 g/mol. The zero-order valence-electron chi connectivity index (χ0n) is 9.96. The number of rotatable bonds is 3. The topological polar surface area (TPSA) is 34.4 Å². The Bertz CT molecular complexity index is 694. The Morgan fingerprint density at radius 1 is 1.33 bits per heavy atom. The zero-order chi connectivity index (χ0) is 12.5. The molecule has 2 heterocycles. The number of hydrogen-bond donors (Lipinski definition) is 0. The first kappa shape index (κ1) is 11.2. The Labute approximate surface area is 109 Å². The molecule has 0 saturated carbocycles. The summed E-state index contributed by atoms with van der Waals surface area (Å²) in [5.41, 5.74) is 3.19. The molecule has 0 radical (unpaired) electrons. The van der Waals surface area contributed by atoms with Gasteiger partial charge in [-0.15, -0.1) is 11.3 Å². The van der Waals surface area contributed by atoms with E-state index in [1.165, 1.54) is 11.3 Å². The number of hydrogen-bond acceptors (Lipinski definition) is 3. The van der Waals surface area contributed by atoms with Crippen LogP contribution in [0.3, 0.4) is 0 Å². The van der Waals surface area contributed by atoms with Crippen molar-refractivity contribution in [2.45, 2.75) is 13.3 Å². The van der Waals surface area contributed by atoms with E-state index in [0.717, 1.165) is 16.9 Å². The quantitative estimate of drug-likeness (QED) is 0.674. The van der Waals surface area contributed by atoms with Crippen molar-refractivity contribution in [1.29, 1.82) is 0 Å². The lowest BCUT2D eigenvalue weighted by Crippen LogP contribution is -1.95. The third-order valence-corrected chi connectivity index (χ3v) is 3.87. The fourth-order valence-electron chi connectivity index (χ4n) is 1.97. The third kappa shape index (κ3) is 1.95. The molecule has 3 nitrogen and oxygen atoms in total. The molecule has 2 aromatic heterocycles. The molecule has 3 aromatic rings. The number of carbonyl (C=O) groups excluding carboxylic acids is 1. The highest BCUT2D eigenvalue weighted by atomic mass is 32.1. The Balaban J connectivity index is 1.88. The standard InChI is InChI=1S/C14H12N2OS/c1-10(17)12-4-2-11(3-5-12)8-13-9-18-14-15-6-7-16(13)14/h2-7,9H,8H2,1H3. The van der Waals surface area contributed by atoms with Gasteiger partial charge >= 0.3 is 0 Å². The van der Waals surface area contributed by atoms with Crippen LogP contribution in [-0.4, -0.2) is 15.2 Å². The van der Waals surface area contributed by atoms with Crippen molar-refractivity contribution in [1.82, 2.24) is 9.38 Å². The minimum atomic E-state index is 0.106. The van der Waals surface area contributed by atoms with Crippen molar-refractivity contribution in [3.05, 3.63) is 58.9 Å². The summed E-state index contributed by atoms with van der Waals surface area (Å²) < 4.78 is 2.10. The van der Waals surface area contributed by atoms with E-state index in [0.29, 0.717) is 0 Å². The summed E-state index contributed by atoms with van der Waals surface area (Å²) in [7, 11) is 0. The van der Waals surface area contributed by atoms with E-state index < -0.39 is 0 Å². The molecule has 18 heavy (non-hydrogen) atoms. The number of imidazole rings is 1. The average Bonchev–Trinajstić information content (AvgIpc) is 2.95. The summed E-state index contributed by atoms with van der Waals surface area (Å²) in [6, 6.07) is 7.79. The number of carbonyl (C=O) groups is 1. The molecule has 1 aromatic carbocycles. The summed E-state index contributed by atoms with van der Waals surface area (Å²) in [6.45, 7) is 1.59. The average molecular weight is 256 g/mol. The molecule has 0 bridgehead atoms. The maximum absolute atomic E-state index is 11.2. The normalized spacial score (nSPS) is 10.9. The van der Waals surface area contributed by atoms with Crippen molar-refractivity contribution >= 4 is 22.1 Å². The fraction of sp³-hybridized carbons (Fsp3) is 0.143. The molecule has 4 heteroatoms. The Morgan fingerprint density at radius 2 is 2.11 bits per heavy atom. The van der Waals surface area contributed by atoms with Gasteiger partial charge in [-0.3, -0.25) is 9.20 Å². The SMILES string of the molecule is CC(=O)c1ccc(Cc2csc3nccn23)cc1. The Hall–Kier alpha value is -1.94. The first-order chi connectivity index (χ1) is 8.74. The molecule has 0 saturated heterocycles. The van der Waals surface area contributed by atoms with Gasteiger partial charge in [-0.05, 0) is 12.5 Å². The largest absolute Gasteiger partial charge is 0.295 e. The van der Waals surface area contributed by atoms with Crippen LogP contribution in [0.5, 0.6) is 0 Å². The first-order valence-electron chi connectivity index (χ1n) is 5.73. The molecule has 3 rings (SSSR count). The summed E-state index contributed by atoms with van der Waals surface area (Å²) in [4.78, 5) is 16.5. The van der Waals surface area contributed by atoms with Crippen LogP contribution < -0.4 is 0 Å². The molecule has 0 aliphatic carbocycles. The van der Waals surface area contributed by atoms with Crippen LogP contribution in [0.4, 0.5) is 0 Å². The zero-order valence-corrected chi connectivity index (χ0v) is 10.8. The highest BCUT2D eigenvalue weighted by Gasteiger charge is 2.05. The second-order valence-corrected chi connectivity index (χ2v) is 5.07. The van der Waals surface area contributed by atoms with E-state index in [2.05, 4.69) is 14.8 Å². The molecule has 0 unspecified atom stereocenters. The van der Waals surface area contributed by atoms with Crippen molar-refractivity contribution in [2.75, 3.05) is 0 Å². The van der Waals surface area contributed by atoms with Gasteiger partial charge in [0.1, 0.15) is 0 Å². The molecular formula is C14H12N2OS. The minimum absolute atomic E-state index is 0.106. The second kappa shape index (κ2) is 4.38. The molecule has 0 aliphatic rings. The van der Waals surface area contributed by atoms with Gasteiger partial charge in [-0.1, -0.05) is 24.3 Å². The highest BCUT2D eigenvalue weighted by molar-refractivity contribution is 7.15. The lowest BCUT2D eigenvalue weighted by molar-refractivity contribution is 0.101. The van der Waals surface area contributed by atoms with Gasteiger partial charge in [0.25, 0.3) is 0 Å². The van der Waals surface area contributed by atoms with Crippen molar-refractivity contribution in [3.8, 4) is 0 Å². The number of fused-ring (bicyclic) bond motifs is 1. The van der Waals surface area contributed by atoms with Gasteiger partial charge in [-0.2, -0.15) is 0 Å². The predicted molar refractivity (Wildman–Crippen MR) is 72.3 cm³/mol. The van der Waals surface area contributed by atoms with Crippen LogP contribution >= 0.6 is 11.3 Å². The molecule has 90 valence electrons.